The van der Waals surface area contributed by atoms with Crippen LogP contribution in [0.4, 0.5) is 0 Å². The van der Waals surface area contributed by atoms with Crippen molar-refractivity contribution in [1.82, 2.24) is 0 Å². The van der Waals surface area contributed by atoms with Gasteiger partial charge in [0, 0.05) is 5.92 Å². The molecule has 0 fully saturated rings. The monoisotopic (exact) mass is 258 g/mol. The van der Waals surface area contributed by atoms with Crippen molar-refractivity contribution in [2.24, 2.45) is 5.92 Å². The minimum Gasteiger partial charge on any atom is -0.502 e. The van der Waals surface area contributed by atoms with Crippen LogP contribution in [0.5, 0.6) is 0 Å². The number of aliphatic hydroxyl groups excluding tert-OH is 2. The van der Waals surface area contributed by atoms with Gasteiger partial charge in [0.1, 0.15) is 5.66 Å². The molecular formula is C6H11O5PS2. The van der Waals surface area contributed by atoms with Crippen LogP contribution in [0.1, 0.15) is 13.3 Å². The molecular weight excluding hydrogens is 247 g/mol. The van der Waals surface area contributed by atoms with Crippen LogP contribution >= 0.6 is 32.0 Å². The van der Waals surface area contributed by atoms with Gasteiger partial charge in [-0.1, -0.05) is 6.92 Å². The Morgan fingerprint density at radius 1 is 1.29 bits per heavy atom. The van der Waals surface area contributed by atoms with Crippen LogP contribution in [0.25, 0.3) is 0 Å². The number of hydrogen-bond donors (Lipinski definition) is 4. The summed E-state index contributed by atoms with van der Waals surface area (Å²) >= 11 is 8.74. The van der Waals surface area contributed by atoms with E-state index in [2.05, 4.69) is 24.4 Å². The van der Waals surface area contributed by atoms with Gasteiger partial charge in [-0.15, -0.1) is 0 Å². The number of hydrogen-bond acceptors (Lipinski definition) is 3. The molecule has 0 radical (unpaired) electrons. The van der Waals surface area contributed by atoms with E-state index in [0.717, 1.165) is 0 Å². The van der Waals surface area contributed by atoms with Crippen LogP contribution in [0.3, 0.4) is 0 Å². The molecule has 0 aliphatic carbocycles. The first-order valence-electron chi connectivity index (χ1n) is 3.72. The Bertz CT molecular complexity index is 286. The predicted molar refractivity (Wildman–Crippen MR) is 60.1 cm³/mol. The molecule has 0 aromatic rings. The van der Waals surface area contributed by atoms with E-state index < -0.39 is 29.3 Å². The van der Waals surface area contributed by atoms with Crippen molar-refractivity contribution in [1.29, 1.82) is 0 Å². The first-order chi connectivity index (χ1) is 6.21. The summed E-state index contributed by atoms with van der Waals surface area (Å²) in [7, 11) is -4.60. The standard InChI is InChI=1S/C6H11O5PS2/c1-2-3(5(7)13)4(6(8)14)12(9,10)11/h3-4H,2H2,1H3,(H,7,13)(H,8,14)(H2,9,10,11). The van der Waals surface area contributed by atoms with Crippen LogP contribution in [0.15, 0.2) is 0 Å². The second-order valence-corrected chi connectivity index (χ2v) is 5.30. The van der Waals surface area contributed by atoms with Crippen LogP contribution in [0.2, 0.25) is 0 Å². The van der Waals surface area contributed by atoms with Gasteiger partial charge in [-0.05, 0) is 30.9 Å². The molecule has 0 rings (SSSR count). The minimum atomic E-state index is -4.60. The molecule has 0 aromatic heterocycles. The van der Waals surface area contributed by atoms with Crippen molar-refractivity contribution in [3.63, 3.8) is 0 Å². The summed E-state index contributed by atoms with van der Waals surface area (Å²) in [5.74, 6) is -0.997. The van der Waals surface area contributed by atoms with Crippen LogP contribution in [0, 0.1) is 5.92 Å². The maximum absolute atomic E-state index is 11.0. The number of rotatable bonds is 5. The summed E-state index contributed by atoms with van der Waals surface area (Å²) in [6, 6.07) is 0. The highest BCUT2D eigenvalue weighted by Crippen LogP contribution is 2.46. The second kappa shape index (κ2) is 5.14. The zero-order chi connectivity index (χ0) is 11.5. The van der Waals surface area contributed by atoms with Gasteiger partial charge in [0.15, 0.2) is 10.1 Å². The van der Waals surface area contributed by atoms with E-state index >= 15 is 0 Å². The fourth-order valence-electron chi connectivity index (χ4n) is 1.08. The fourth-order valence-corrected chi connectivity index (χ4v) is 3.17. The predicted octanol–water partition coefficient (Wildman–Crippen LogP) is 1.33. The molecule has 0 heterocycles. The lowest BCUT2D eigenvalue weighted by Crippen LogP contribution is -2.32. The lowest BCUT2D eigenvalue weighted by molar-refractivity contribution is 0.347. The Morgan fingerprint density at radius 2 is 1.71 bits per heavy atom. The molecule has 14 heavy (non-hydrogen) atoms. The van der Waals surface area contributed by atoms with E-state index in [4.69, 9.17) is 20.0 Å². The smallest absolute Gasteiger partial charge is 0.337 e. The summed E-state index contributed by atoms with van der Waals surface area (Å²) in [5, 5.41) is 16.6. The van der Waals surface area contributed by atoms with Gasteiger partial charge in [0.25, 0.3) is 0 Å². The Kier molecular flexibility index (Phi) is 5.11. The molecule has 0 aliphatic rings. The molecule has 2 unspecified atom stereocenters. The van der Waals surface area contributed by atoms with Crippen molar-refractivity contribution in [2.75, 3.05) is 0 Å². The second-order valence-electron chi connectivity index (χ2n) is 2.73. The Balaban J connectivity index is 5.10. The molecule has 4 N–H and O–H groups in total. The molecule has 0 spiro atoms. The maximum Gasteiger partial charge on any atom is 0.337 e. The fraction of sp³-hybridized carbons (Fsp3) is 0.667. The highest BCUT2D eigenvalue weighted by Gasteiger charge is 2.41. The molecule has 8 heteroatoms. The lowest BCUT2D eigenvalue weighted by Gasteiger charge is -2.23. The van der Waals surface area contributed by atoms with Gasteiger partial charge in [0.2, 0.25) is 0 Å². The molecule has 0 saturated carbocycles. The molecule has 0 saturated heterocycles. The van der Waals surface area contributed by atoms with E-state index in [9.17, 15) is 4.57 Å². The van der Waals surface area contributed by atoms with E-state index in [0.29, 0.717) is 0 Å². The zero-order valence-corrected chi connectivity index (χ0v) is 9.85. The van der Waals surface area contributed by atoms with Gasteiger partial charge in [-0.25, -0.2) is 0 Å². The lowest BCUT2D eigenvalue weighted by atomic mass is 10.0. The first-order valence-corrected chi connectivity index (χ1v) is 6.22. The Hall–Kier alpha value is -0.0700. The summed E-state index contributed by atoms with van der Waals surface area (Å²) in [4.78, 5) is 17.8. The minimum absolute atomic E-state index is 0.186. The van der Waals surface area contributed by atoms with Gasteiger partial charge >= 0.3 is 7.60 Å². The van der Waals surface area contributed by atoms with Crippen molar-refractivity contribution >= 4 is 42.1 Å². The largest absolute Gasteiger partial charge is 0.502 e. The quantitative estimate of drug-likeness (QED) is 0.436. The molecule has 0 aromatic carbocycles. The number of aliphatic hydroxyl groups is 2. The first kappa shape index (κ1) is 13.9. The topological polar surface area (TPSA) is 98.0 Å². The highest BCUT2D eigenvalue weighted by molar-refractivity contribution is 7.81. The van der Waals surface area contributed by atoms with Crippen molar-refractivity contribution < 1.29 is 24.6 Å². The van der Waals surface area contributed by atoms with Gasteiger partial charge in [-0.3, -0.25) is 4.57 Å². The van der Waals surface area contributed by atoms with Crippen molar-refractivity contribution in [3.05, 3.63) is 0 Å². The van der Waals surface area contributed by atoms with Crippen LogP contribution < -0.4 is 0 Å². The SMILES string of the molecule is CCC(C(O)=S)C(C(O)=S)P(=O)(O)O. The zero-order valence-electron chi connectivity index (χ0n) is 7.32. The van der Waals surface area contributed by atoms with Crippen molar-refractivity contribution in [3.8, 4) is 0 Å². The molecule has 0 bridgehead atoms. The highest BCUT2D eigenvalue weighted by atomic mass is 32.1. The van der Waals surface area contributed by atoms with E-state index in [1.165, 1.54) is 0 Å². The summed E-state index contributed by atoms with van der Waals surface area (Å²) in [5.41, 5.74) is -1.60. The molecule has 0 aliphatic heterocycles. The van der Waals surface area contributed by atoms with Gasteiger partial charge in [0.05, 0.1) is 0 Å². The Morgan fingerprint density at radius 3 is 1.79 bits per heavy atom. The third-order valence-electron chi connectivity index (χ3n) is 1.75. The average Bonchev–Trinajstić information content (AvgIpc) is 1.95. The maximum atomic E-state index is 11.0. The normalized spacial score (nSPS) is 15.9. The molecule has 0 amide bonds. The van der Waals surface area contributed by atoms with E-state index in [1.54, 1.807) is 6.92 Å². The molecule has 5 nitrogen and oxygen atoms in total. The van der Waals surface area contributed by atoms with Crippen molar-refractivity contribution in [2.45, 2.75) is 19.0 Å². The number of thiocarbonyl (C=S) groups is 2. The average molecular weight is 258 g/mol. The summed E-state index contributed by atoms with van der Waals surface area (Å²) in [6.07, 6.45) is 0.186. The molecule has 82 valence electrons. The van der Waals surface area contributed by atoms with Crippen LogP contribution in [-0.4, -0.2) is 35.8 Å². The third-order valence-corrected chi connectivity index (χ3v) is 3.81. The van der Waals surface area contributed by atoms with Gasteiger partial charge < -0.3 is 20.0 Å². The van der Waals surface area contributed by atoms with E-state index in [-0.39, 0.29) is 6.42 Å². The Labute approximate surface area is 91.9 Å². The van der Waals surface area contributed by atoms with E-state index in [1.807, 2.05) is 0 Å². The van der Waals surface area contributed by atoms with Gasteiger partial charge in [-0.2, -0.15) is 0 Å². The summed E-state index contributed by atoms with van der Waals surface area (Å²) in [6.45, 7) is 1.58. The summed E-state index contributed by atoms with van der Waals surface area (Å²) < 4.78 is 11.0. The molecule has 2 atom stereocenters. The van der Waals surface area contributed by atoms with Crippen LogP contribution in [-0.2, 0) is 4.57 Å². The third kappa shape index (κ3) is 3.59.